The highest BCUT2D eigenvalue weighted by Gasteiger charge is 2.26. The Labute approximate surface area is 107 Å². The highest BCUT2D eigenvalue weighted by molar-refractivity contribution is 5.75. The minimum Gasteiger partial charge on any atom is -0.481 e. The molecule has 0 fully saturated rings. The first kappa shape index (κ1) is 15.0. The molecule has 0 aliphatic heterocycles. The SMILES string of the molecule is O=C(O)CCc1cccc(C(O)C(=O)O)c1C(F)F. The Morgan fingerprint density at radius 3 is 2.32 bits per heavy atom. The van der Waals surface area contributed by atoms with Crippen LogP contribution in [0.4, 0.5) is 8.78 Å². The average Bonchev–Trinajstić information content (AvgIpc) is 2.34. The van der Waals surface area contributed by atoms with E-state index in [0.717, 1.165) is 6.07 Å². The van der Waals surface area contributed by atoms with Crippen molar-refractivity contribution in [1.82, 2.24) is 0 Å². The van der Waals surface area contributed by atoms with Gasteiger partial charge in [-0.2, -0.15) is 0 Å². The first-order valence-corrected chi connectivity index (χ1v) is 5.37. The van der Waals surface area contributed by atoms with Crippen LogP contribution in [0.2, 0.25) is 0 Å². The van der Waals surface area contributed by atoms with E-state index in [4.69, 9.17) is 10.2 Å². The lowest BCUT2D eigenvalue weighted by Gasteiger charge is -2.15. The summed E-state index contributed by atoms with van der Waals surface area (Å²) in [6.45, 7) is 0. The first-order chi connectivity index (χ1) is 8.84. The highest BCUT2D eigenvalue weighted by atomic mass is 19.3. The van der Waals surface area contributed by atoms with Gasteiger partial charge in [0.05, 0.1) is 0 Å². The molecule has 0 heterocycles. The number of halogens is 2. The molecule has 1 rings (SSSR count). The molecule has 1 atom stereocenters. The number of carboxylic acid groups (broad SMARTS) is 2. The number of hydrogen-bond acceptors (Lipinski definition) is 3. The normalized spacial score (nSPS) is 12.4. The van der Waals surface area contributed by atoms with E-state index >= 15 is 0 Å². The molecular weight excluding hydrogens is 262 g/mol. The summed E-state index contributed by atoms with van der Waals surface area (Å²) in [5.41, 5.74) is -1.00. The maximum atomic E-state index is 13.0. The Morgan fingerprint density at radius 2 is 1.84 bits per heavy atom. The second kappa shape index (κ2) is 6.24. The van der Waals surface area contributed by atoms with Crippen LogP contribution < -0.4 is 0 Å². The van der Waals surface area contributed by atoms with Crippen LogP contribution in [0.1, 0.15) is 35.6 Å². The molecule has 104 valence electrons. The molecule has 0 amide bonds. The number of aliphatic hydroxyl groups excluding tert-OH is 1. The Hall–Kier alpha value is -2.02. The summed E-state index contributed by atoms with van der Waals surface area (Å²) in [7, 11) is 0. The number of aliphatic carboxylic acids is 2. The van der Waals surface area contributed by atoms with Gasteiger partial charge in [0.15, 0.2) is 6.10 Å². The fraction of sp³-hybridized carbons (Fsp3) is 0.333. The first-order valence-electron chi connectivity index (χ1n) is 5.37. The van der Waals surface area contributed by atoms with E-state index in [2.05, 4.69) is 0 Å². The average molecular weight is 274 g/mol. The van der Waals surface area contributed by atoms with Crippen LogP contribution in [0.25, 0.3) is 0 Å². The molecule has 1 unspecified atom stereocenters. The van der Waals surface area contributed by atoms with E-state index in [0.29, 0.717) is 0 Å². The third kappa shape index (κ3) is 3.72. The van der Waals surface area contributed by atoms with Crippen molar-refractivity contribution in [3.8, 4) is 0 Å². The molecule has 0 saturated carbocycles. The van der Waals surface area contributed by atoms with E-state index < -0.39 is 35.6 Å². The summed E-state index contributed by atoms with van der Waals surface area (Å²) in [5.74, 6) is -2.79. The van der Waals surface area contributed by atoms with Gasteiger partial charge in [0.25, 0.3) is 6.43 Å². The van der Waals surface area contributed by atoms with E-state index in [9.17, 15) is 23.5 Å². The lowest BCUT2D eigenvalue weighted by Crippen LogP contribution is -2.14. The van der Waals surface area contributed by atoms with Crippen molar-refractivity contribution in [2.24, 2.45) is 0 Å². The lowest BCUT2D eigenvalue weighted by atomic mass is 9.94. The predicted molar refractivity (Wildman–Crippen MR) is 60.0 cm³/mol. The zero-order valence-corrected chi connectivity index (χ0v) is 9.72. The van der Waals surface area contributed by atoms with Gasteiger partial charge in [-0.3, -0.25) is 4.79 Å². The van der Waals surface area contributed by atoms with Crippen molar-refractivity contribution < 1.29 is 33.7 Å². The van der Waals surface area contributed by atoms with Crippen molar-refractivity contribution in [3.05, 3.63) is 34.9 Å². The van der Waals surface area contributed by atoms with Gasteiger partial charge in [-0.15, -0.1) is 0 Å². The molecule has 1 aromatic rings. The van der Waals surface area contributed by atoms with Crippen molar-refractivity contribution >= 4 is 11.9 Å². The van der Waals surface area contributed by atoms with Gasteiger partial charge in [0.2, 0.25) is 0 Å². The minimum absolute atomic E-state index is 0.0233. The molecule has 5 nitrogen and oxygen atoms in total. The largest absolute Gasteiger partial charge is 0.481 e. The van der Waals surface area contributed by atoms with Crippen LogP contribution in [0.5, 0.6) is 0 Å². The zero-order valence-electron chi connectivity index (χ0n) is 9.72. The number of aliphatic hydroxyl groups is 1. The van der Waals surface area contributed by atoms with E-state index in [1.807, 2.05) is 0 Å². The molecule has 0 aromatic heterocycles. The summed E-state index contributed by atoms with van der Waals surface area (Å²) in [4.78, 5) is 21.1. The molecule has 1 aromatic carbocycles. The van der Waals surface area contributed by atoms with Gasteiger partial charge >= 0.3 is 11.9 Å². The Bertz CT molecular complexity index is 487. The van der Waals surface area contributed by atoms with Crippen LogP contribution >= 0.6 is 0 Å². The predicted octanol–water partition coefficient (Wildman–Crippen LogP) is 1.76. The summed E-state index contributed by atoms with van der Waals surface area (Å²) in [6.07, 6.45) is -5.57. The maximum Gasteiger partial charge on any atom is 0.337 e. The van der Waals surface area contributed by atoms with Gasteiger partial charge in [0.1, 0.15) is 0 Å². The summed E-state index contributed by atoms with van der Waals surface area (Å²) >= 11 is 0. The maximum absolute atomic E-state index is 13.0. The minimum atomic E-state index is -2.99. The van der Waals surface area contributed by atoms with Crippen molar-refractivity contribution in [2.75, 3.05) is 0 Å². The van der Waals surface area contributed by atoms with Crippen LogP contribution in [0.3, 0.4) is 0 Å². The number of carbonyl (C=O) groups is 2. The lowest BCUT2D eigenvalue weighted by molar-refractivity contribution is -0.147. The van der Waals surface area contributed by atoms with Crippen molar-refractivity contribution in [1.29, 1.82) is 0 Å². The molecule has 0 aliphatic rings. The van der Waals surface area contributed by atoms with Gasteiger partial charge in [-0.1, -0.05) is 18.2 Å². The molecule has 0 saturated heterocycles. The van der Waals surface area contributed by atoms with Gasteiger partial charge in [0, 0.05) is 17.5 Å². The molecule has 7 heteroatoms. The van der Waals surface area contributed by atoms with Crippen LogP contribution in [-0.4, -0.2) is 27.3 Å². The number of carboxylic acids is 2. The van der Waals surface area contributed by atoms with Crippen molar-refractivity contribution in [3.63, 3.8) is 0 Å². The van der Waals surface area contributed by atoms with Crippen LogP contribution in [-0.2, 0) is 16.0 Å². The van der Waals surface area contributed by atoms with Gasteiger partial charge in [-0.25, -0.2) is 13.6 Å². The zero-order chi connectivity index (χ0) is 14.6. The topological polar surface area (TPSA) is 94.8 Å². The molecule has 19 heavy (non-hydrogen) atoms. The number of benzene rings is 1. The van der Waals surface area contributed by atoms with Crippen LogP contribution in [0.15, 0.2) is 18.2 Å². The molecule has 0 spiro atoms. The Morgan fingerprint density at radius 1 is 1.21 bits per heavy atom. The van der Waals surface area contributed by atoms with Crippen LogP contribution in [0, 0.1) is 0 Å². The smallest absolute Gasteiger partial charge is 0.337 e. The second-order valence-corrected chi connectivity index (χ2v) is 3.86. The van der Waals surface area contributed by atoms with E-state index in [-0.39, 0.29) is 18.4 Å². The summed E-state index contributed by atoms with van der Waals surface area (Å²) < 4.78 is 26.0. The quantitative estimate of drug-likeness (QED) is 0.734. The number of aryl methyl sites for hydroxylation is 1. The molecule has 3 N–H and O–H groups in total. The van der Waals surface area contributed by atoms with Gasteiger partial charge < -0.3 is 15.3 Å². The number of hydrogen-bond donors (Lipinski definition) is 3. The molecular formula is C12H12F2O5. The molecule has 0 bridgehead atoms. The summed E-state index contributed by atoms with van der Waals surface area (Å²) in [6, 6.07) is 3.69. The summed E-state index contributed by atoms with van der Waals surface area (Å²) in [5, 5.41) is 26.6. The molecule has 0 aliphatic carbocycles. The monoisotopic (exact) mass is 274 g/mol. The number of rotatable bonds is 6. The second-order valence-electron chi connectivity index (χ2n) is 3.86. The molecule has 0 radical (unpaired) electrons. The number of alkyl halides is 2. The third-order valence-electron chi connectivity index (χ3n) is 2.59. The van der Waals surface area contributed by atoms with Crippen molar-refractivity contribution in [2.45, 2.75) is 25.4 Å². The standard InChI is InChI=1S/C12H12F2O5/c13-11(14)9-6(4-5-8(15)16)2-1-3-7(9)10(17)12(18)19/h1-3,10-11,17H,4-5H2,(H,15,16)(H,18,19). The van der Waals surface area contributed by atoms with E-state index in [1.165, 1.54) is 12.1 Å². The third-order valence-corrected chi connectivity index (χ3v) is 2.59. The van der Waals surface area contributed by atoms with Gasteiger partial charge in [-0.05, 0) is 12.0 Å². The van der Waals surface area contributed by atoms with E-state index in [1.54, 1.807) is 0 Å². The Kier molecular flexibility index (Phi) is 4.94. The fourth-order valence-corrected chi connectivity index (χ4v) is 1.73. The fourth-order valence-electron chi connectivity index (χ4n) is 1.73. The Balaban J connectivity index is 3.21. The highest BCUT2D eigenvalue weighted by Crippen LogP contribution is 2.31.